The van der Waals surface area contributed by atoms with Crippen LogP contribution in [0.15, 0.2) is 0 Å². The first-order chi connectivity index (χ1) is 5.76. The normalized spacial score (nSPS) is 16.9. The minimum Gasteiger partial charge on any atom is -0.365 e. The van der Waals surface area contributed by atoms with Gasteiger partial charge in [0.1, 0.15) is 6.61 Å². The van der Waals surface area contributed by atoms with Gasteiger partial charge < -0.3 is 15.0 Å². The van der Waals surface area contributed by atoms with E-state index in [2.05, 4.69) is 5.32 Å². The molecule has 12 heavy (non-hydrogen) atoms. The summed E-state index contributed by atoms with van der Waals surface area (Å²) >= 11 is 0. The van der Waals surface area contributed by atoms with Gasteiger partial charge in [-0.05, 0) is 0 Å². The van der Waals surface area contributed by atoms with Gasteiger partial charge in [-0.15, -0.1) is 0 Å². The van der Waals surface area contributed by atoms with Gasteiger partial charge in [-0.1, -0.05) is 0 Å². The number of ether oxygens (including phenoxy) is 1. The Hall–Kier alpha value is -1.10. The molecule has 0 atom stereocenters. The lowest BCUT2D eigenvalue weighted by atomic mass is 10.2. The van der Waals surface area contributed by atoms with E-state index in [9.17, 15) is 9.59 Å². The molecule has 0 aromatic rings. The molecule has 1 heterocycles. The molecule has 5 nitrogen and oxygen atoms in total. The molecule has 0 aromatic heterocycles. The van der Waals surface area contributed by atoms with Crippen molar-refractivity contribution in [3.8, 4) is 0 Å². The molecule has 0 unspecified atom stereocenters. The number of likely N-dealkylation sites (N-methyl/N-ethyl adjacent to an activating group) is 1. The number of carbonyl (C=O) groups is 1. The van der Waals surface area contributed by atoms with Gasteiger partial charge in [0, 0.05) is 20.1 Å². The van der Waals surface area contributed by atoms with E-state index < -0.39 is 0 Å². The van der Waals surface area contributed by atoms with Crippen LogP contribution in [0.5, 0.6) is 0 Å². The molecular formula is C7H11N2O3. The summed E-state index contributed by atoms with van der Waals surface area (Å²) in [6.07, 6.45) is 1.74. The lowest BCUT2D eigenvalue weighted by molar-refractivity contribution is -0.130. The quantitative estimate of drug-likeness (QED) is 0.560. The molecule has 1 fully saturated rings. The summed E-state index contributed by atoms with van der Waals surface area (Å²) in [5.41, 5.74) is 0. The number of likely N-dealkylation sites (tertiary alicyclic amines) is 1. The van der Waals surface area contributed by atoms with Crippen molar-refractivity contribution in [2.75, 3.05) is 26.7 Å². The Bertz CT molecular complexity index is 177. The van der Waals surface area contributed by atoms with Gasteiger partial charge in [-0.3, -0.25) is 9.59 Å². The molecule has 0 aromatic carbocycles. The lowest BCUT2D eigenvalue weighted by Gasteiger charge is -2.34. The van der Waals surface area contributed by atoms with Crippen LogP contribution in [-0.2, 0) is 14.3 Å². The highest BCUT2D eigenvalue weighted by molar-refractivity contribution is 5.76. The number of nitrogens with zero attached hydrogens (tertiary/aromatic N) is 1. The smallest absolute Gasteiger partial charge is 0.312 e. The molecule has 2 amide bonds. The lowest BCUT2D eigenvalue weighted by Crippen LogP contribution is -2.51. The average molecular weight is 171 g/mol. The third-order valence-electron chi connectivity index (χ3n) is 1.71. The summed E-state index contributed by atoms with van der Waals surface area (Å²) in [6.45, 7) is 1.15. The molecule has 0 spiro atoms. The maximum Gasteiger partial charge on any atom is 0.312 e. The Morgan fingerprint density at radius 2 is 2.42 bits per heavy atom. The van der Waals surface area contributed by atoms with Gasteiger partial charge in [-0.2, -0.15) is 0 Å². The predicted octanol–water partition coefficient (Wildman–Crippen LogP) is -1.50. The monoisotopic (exact) mass is 171 g/mol. The zero-order chi connectivity index (χ0) is 8.97. The second-order valence-corrected chi connectivity index (χ2v) is 2.60. The van der Waals surface area contributed by atoms with Crippen molar-refractivity contribution in [1.82, 2.24) is 10.2 Å². The zero-order valence-electron chi connectivity index (χ0n) is 6.87. The van der Waals surface area contributed by atoms with Crippen molar-refractivity contribution in [2.45, 2.75) is 6.10 Å². The van der Waals surface area contributed by atoms with Gasteiger partial charge >= 0.3 is 6.41 Å². The van der Waals surface area contributed by atoms with Crippen LogP contribution in [0.1, 0.15) is 0 Å². The van der Waals surface area contributed by atoms with Gasteiger partial charge in [0.05, 0.1) is 6.10 Å². The fourth-order valence-electron chi connectivity index (χ4n) is 0.884. The molecule has 1 rings (SSSR count). The van der Waals surface area contributed by atoms with Crippen LogP contribution < -0.4 is 5.32 Å². The fourth-order valence-corrected chi connectivity index (χ4v) is 0.884. The van der Waals surface area contributed by atoms with Crippen molar-refractivity contribution >= 4 is 12.3 Å². The number of nitrogens with one attached hydrogen (secondary N) is 1. The van der Waals surface area contributed by atoms with Gasteiger partial charge in [-0.25, -0.2) is 0 Å². The van der Waals surface area contributed by atoms with Crippen LogP contribution >= 0.6 is 0 Å². The Balaban J connectivity index is 2.03. The zero-order valence-corrected chi connectivity index (χ0v) is 6.87. The molecule has 1 aliphatic rings. The summed E-state index contributed by atoms with van der Waals surface area (Å²) in [6, 6.07) is 0. The highest BCUT2D eigenvalue weighted by Crippen LogP contribution is 2.07. The molecule has 1 radical (unpaired) electrons. The molecule has 1 N–H and O–H groups in total. The van der Waals surface area contributed by atoms with Gasteiger partial charge in [0.25, 0.3) is 0 Å². The average Bonchev–Trinajstić information content (AvgIpc) is 2.01. The van der Waals surface area contributed by atoms with E-state index in [1.807, 2.05) is 0 Å². The maximum atomic E-state index is 10.7. The summed E-state index contributed by atoms with van der Waals surface area (Å²) < 4.78 is 5.13. The van der Waals surface area contributed by atoms with Crippen molar-refractivity contribution in [2.24, 2.45) is 0 Å². The van der Waals surface area contributed by atoms with Crippen molar-refractivity contribution in [1.29, 1.82) is 0 Å². The highest BCUT2D eigenvalue weighted by Gasteiger charge is 2.26. The summed E-state index contributed by atoms with van der Waals surface area (Å²) in [7, 11) is 1.55. The summed E-state index contributed by atoms with van der Waals surface area (Å²) in [4.78, 5) is 22.1. The van der Waals surface area contributed by atoms with Crippen LogP contribution in [0, 0.1) is 0 Å². The van der Waals surface area contributed by atoms with Crippen LogP contribution in [0.2, 0.25) is 0 Å². The second-order valence-electron chi connectivity index (χ2n) is 2.60. The molecule has 0 bridgehead atoms. The molecule has 1 aliphatic heterocycles. The van der Waals surface area contributed by atoms with E-state index in [1.54, 1.807) is 13.5 Å². The molecule has 67 valence electrons. The second kappa shape index (κ2) is 4.06. The third kappa shape index (κ3) is 2.20. The van der Waals surface area contributed by atoms with Crippen molar-refractivity contribution < 1.29 is 14.3 Å². The maximum absolute atomic E-state index is 10.7. The number of amides is 2. The molecule has 1 saturated heterocycles. The van der Waals surface area contributed by atoms with Gasteiger partial charge in [0.15, 0.2) is 0 Å². The first kappa shape index (κ1) is 8.99. The van der Waals surface area contributed by atoms with E-state index >= 15 is 0 Å². The number of carbonyl (C=O) groups excluding carboxylic acids is 2. The summed E-state index contributed by atoms with van der Waals surface area (Å²) in [5.74, 6) is -0.150. The Kier molecular flexibility index (Phi) is 3.04. The van der Waals surface area contributed by atoms with Crippen LogP contribution in [-0.4, -0.2) is 50.1 Å². The molecule has 0 saturated carbocycles. The first-order valence-corrected chi connectivity index (χ1v) is 3.71. The van der Waals surface area contributed by atoms with E-state index in [4.69, 9.17) is 4.74 Å². The third-order valence-corrected chi connectivity index (χ3v) is 1.71. The minimum atomic E-state index is -0.150. The minimum absolute atomic E-state index is 0.00347. The van der Waals surface area contributed by atoms with Crippen molar-refractivity contribution in [3.05, 3.63) is 0 Å². The molecular weight excluding hydrogens is 160 g/mol. The summed E-state index contributed by atoms with van der Waals surface area (Å²) in [5, 5.41) is 2.44. The highest BCUT2D eigenvalue weighted by atomic mass is 16.5. The van der Waals surface area contributed by atoms with E-state index in [0.29, 0.717) is 13.1 Å². The molecule has 0 aliphatic carbocycles. The SMILES string of the molecule is CNC(=O)COC1CN([C]=O)C1. The number of rotatable bonds is 4. The van der Waals surface area contributed by atoms with E-state index in [1.165, 1.54) is 4.90 Å². The fraction of sp³-hybridized carbons (Fsp3) is 0.714. The standard InChI is InChI=1S/C7H11N2O3/c1-8-7(11)4-12-6-2-9(3-6)5-10/h6H,2-4H2,1H3,(H,8,11). The van der Waals surface area contributed by atoms with Crippen LogP contribution in [0.4, 0.5) is 0 Å². The Labute approximate surface area is 70.7 Å². The van der Waals surface area contributed by atoms with Crippen molar-refractivity contribution in [3.63, 3.8) is 0 Å². The Morgan fingerprint density at radius 1 is 1.75 bits per heavy atom. The molecule has 5 heteroatoms. The first-order valence-electron chi connectivity index (χ1n) is 3.71. The Morgan fingerprint density at radius 3 is 2.92 bits per heavy atom. The largest absolute Gasteiger partial charge is 0.365 e. The topological polar surface area (TPSA) is 58.6 Å². The number of hydrogen-bond acceptors (Lipinski definition) is 3. The van der Waals surface area contributed by atoms with Crippen LogP contribution in [0.25, 0.3) is 0 Å². The van der Waals surface area contributed by atoms with E-state index in [-0.39, 0.29) is 18.6 Å². The van der Waals surface area contributed by atoms with E-state index in [0.717, 1.165) is 0 Å². The number of hydrogen-bond donors (Lipinski definition) is 1. The predicted molar refractivity (Wildman–Crippen MR) is 41.1 cm³/mol. The van der Waals surface area contributed by atoms with Crippen LogP contribution in [0.3, 0.4) is 0 Å². The van der Waals surface area contributed by atoms with Gasteiger partial charge in [0.2, 0.25) is 5.91 Å².